The fourth-order valence-corrected chi connectivity index (χ4v) is 2.74. The SMILES string of the molecule is CCCCCSCC(C)(NC(C)C)C(N)=O. The van der Waals surface area contributed by atoms with Crippen LogP contribution in [0.3, 0.4) is 0 Å². The van der Waals surface area contributed by atoms with Gasteiger partial charge in [0.05, 0.1) is 0 Å². The summed E-state index contributed by atoms with van der Waals surface area (Å²) in [5, 5.41) is 3.25. The number of primary amides is 1. The number of rotatable bonds is 9. The van der Waals surface area contributed by atoms with Crippen LogP contribution >= 0.6 is 11.8 Å². The van der Waals surface area contributed by atoms with E-state index in [2.05, 4.69) is 12.2 Å². The Morgan fingerprint density at radius 1 is 1.44 bits per heavy atom. The second-order valence-electron chi connectivity index (χ2n) is 4.76. The van der Waals surface area contributed by atoms with Crippen molar-refractivity contribution in [1.82, 2.24) is 5.32 Å². The Morgan fingerprint density at radius 3 is 2.50 bits per heavy atom. The molecule has 0 spiro atoms. The Hall–Kier alpha value is -0.220. The average molecular weight is 246 g/mol. The summed E-state index contributed by atoms with van der Waals surface area (Å²) in [5.74, 6) is 1.60. The minimum Gasteiger partial charge on any atom is -0.368 e. The van der Waals surface area contributed by atoms with Crippen LogP contribution in [-0.4, -0.2) is 29.0 Å². The molecule has 0 rings (SSSR count). The van der Waals surface area contributed by atoms with Gasteiger partial charge in [0.2, 0.25) is 5.91 Å². The molecule has 1 amide bonds. The Balaban J connectivity index is 3.98. The highest BCUT2D eigenvalue weighted by Gasteiger charge is 2.30. The molecule has 96 valence electrons. The number of carbonyl (C=O) groups excluding carboxylic acids is 1. The van der Waals surface area contributed by atoms with Gasteiger partial charge in [-0.05, 0) is 32.9 Å². The van der Waals surface area contributed by atoms with Crippen LogP contribution in [0.1, 0.15) is 47.0 Å². The summed E-state index contributed by atoms with van der Waals surface area (Å²) in [4.78, 5) is 11.4. The number of hydrogen-bond acceptors (Lipinski definition) is 3. The monoisotopic (exact) mass is 246 g/mol. The molecule has 1 atom stereocenters. The van der Waals surface area contributed by atoms with Crippen molar-refractivity contribution in [2.75, 3.05) is 11.5 Å². The van der Waals surface area contributed by atoms with E-state index in [-0.39, 0.29) is 11.9 Å². The van der Waals surface area contributed by atoms with Crippen molar-refractivity contribution in [2.45, 2.75) is 58.5 Å². The molecule has 3 N–H and O–H groups in total. The van der Waals surface area contributed by atoms with Crippen molar-refractivity contribution in [1.29, 1.82) is 0 Å². The van der Waals surface area contributed by atoms with Crippen LogP contribution in [-0.2, 0) is 4.79 Å². The zero-order chi connectivity index (χ0) is 12.6. The van der Waals surface area contributed by atoms with Gasteiger partial charge in [-0.2, -0.15) is 11.8 Å². The number of unbranched alkanes of at least 4 members (excludes halogenated alkanes) is 2. The van der Waals surface area contributed by atoms with E-state index in [1.165, 1.54) is 19.3 Å². The standard InChI is InChI=1S/C12H26N2OS/c1-5-6-7-8-16-9-12(4,11(13)15)14-10(2)3/h10,14H,5-9H2,1-4H3,(H2,13,15). The summed E-state index contributed by atoms with van der Waals surface area (Å²) in [7, 11) is 0. The largest absolute Gasteiger partial charge is 0.368 e. The first-order chi connectivity index (χ1) is 7.42. The molecule has 3 nitrogen and oxygen atoms in total. The van der Waals surface area contributed by atoms with E-state index < -0.39 is 5.54 Å². The Morgan fingerprint density at radius 2 is 2.06 bits per heavy atom. The molecule has 16 heavy (non-hydrogen) atoms. The molecule has 0 aliphatic heterocycles. The van der Waals surface area contributed by atoms with Crippen LogP contribution in [0, 0.1) is 0 Å². The summed E-state index contributed by atoms with van der Waals surface area (Å²) < 4.78 is 0. The lowest BCUT2D eigenvalue weighted by Gasteiger charge is -2.29. The third kappa shape index (κ3) is 6.38. The normalized spacial score (nSPS) is 15.1. The molecule has 0 aromatic carbocycles. The van der Waals surface area contributed by atoms with Crippen molar-refractivity contribution in [3.05, 3.63) is 0 Å². The first-order valence-electron chi connectivity index (χ1n) is 6.07. The molecule has 0 heterocycles. The maximum Gasteiger partial charge on any atom is 0.238 e. The number of nitrogens with one attached hydrogen (secondary N) is 1. The summed E-state index contributed by atoms with van der Waals surface area (Å²) in [6.07, 6.45) is 3.72. The second-order valence-corrected chi connectivity index (χ2v) is 5.86. The van der Waals surface area contributed by atoms with Crippen LogP contribution < -0.4 is 11.1 Å². The van der Waals surface area contributed by atoms with Gasteiger partial charge in [0.15, 0.2) is 0 Å². The molecule has 0 aliphatic carbocycles. The van der Waals surface area contributed by atoms with E-state index in [1.54, 1.807) is 0 Å². The first-order valence-corrected chi connectivity index (χ1v) is 7.23. The van der Waals surface area contributed by atoms with Gasteiger partial charge in [0, 0.05) is 11.8 Å². The average Bonchev–Trinajstić information content (AvgIpc) is 2.16. The zero-order valence-corrected chi connectivity index (χ0v) is 11.8. The smallest absolute Gasteiger partial charge is 0.238 e. The topological polar surface area (TPSA) is 55.1 Å². The van der Waals surface area contributed by atoms with Gasteiger partial charge in [-0.1, -0.05) is 19.8 Å². The quantitative estimate of drug-likeness (QED) is 0.613. The van der Waals surface area contributed by atoms with Gasteiger partial charge in [-0.15, -0.1) is 0 Å². The molecule has 0 saturated carbocycles. The van der Waals surface area contributed by atoms with E-state index in [9.17, 15) is 4.79 Å². The third-order valence-corrected chi connectivity index (χ3v) is 3.79. The fraction of sp³-hybridized carbons (Fsp3) is 0.917. The van der Waals surface area contributed by atoms with Gasteiger partial charge in [-0.3, -0.25) is 4.79 Å². The maximum atomic E-state index is 11.4. The lowest BCUT2D eigenvalue weighted by atomic mass is 10.0. The van der Waals surface area contributed by atoms with Crippen LogP contribution in [0.15, 0.2) is 0 Å². The molecular formula is C12H26N2OS. The maximum absolute atomic E-state index is 11.4. The third-order valence-electron chi connectivity index (χ3n) is 2.43. The summed E-state index contributed by atoms with van der Waals surface area (Å²) in [6, 6.07) is 0.272. The Kier molecular flexibility index (Phi) is 7.85. The number of nitrogens with two attached hydrogens (primary N) is 1. The van der Waals surface area contributed by atoms with Gasteiger partial charge >= 0.3 is 0 Å². The van der Waals surface area contributed by atoms with E-state index in [0.29, 0.717) is 0 Å². The lowest BCUT2D eigenvalue weighted by Crippen LogP contribution is -2.57. The fourth-order valence-electron chi connectivity index (χ4n) is 1.55. The summed E-state index contributed by atoms with van der Waals surface area (Å²) in [5.41, 5.74) is 4.87. The zero-order valence-electron chi connectivity index (χ0n) is 11.0. The molecule has 0 saturated heterocycles. The number of amides is 1. The van der Waals surface area contributed by atoms with Gasteiger partial charge < -0.3 is 11.1 Å². The molecule has 1 unspecified atom stereocenters. The highest BCUT2D eigenvalue weighted by molar-refractivity contribution is 7.99. The predicted octanol–water partition coefficient (Wildman–Crippen LogP) is 2.15. The Labute approximate surface area is 104 Å². The van der Waals surface area contributed by atoms with Crippen molar-refractivity contribution >= 4 is 17.7 Å². The molecule has 0 aromatic heterocycles. The Bertz CT molecular complexity index is 209. The van der Waals surface area contributed by atoms with Crippen LogP contribution in [0.4, 0.5) is 0 Å². The summed E-state index contributed by atoms with van der Waals surface area (Å²) in [6.45, 7) is 8.15. The highest BCUT2D eigenvalue weighted by Crippen LogP contribution is 2.15. The predicted molar refractivity (Wildman–Crippen MR) is 72.7 cm³/mol. The molecule has 0 fully saturated rings. The van der Waals surface area contributed by atoms with Gasteiger partial charge in [0.25, 0.3) is 0 Å². The van der Waals surface area contributed by atoms with Gasteiger partial charge in [-0.25, -0.2) is 0 Å². The molecule has 4 heteroatoms. The van der Waals surface area contributed by atoms with E-state index in [0.717, 1.165) is 11.5 Å². The molecule has 0 bridgehead atoms. The summed E-state index contributed by atoms with van der Waals surface area (Å²) >= 11 is 1.81. The van der Waals surface area contributed by atoms with Crippen LogP contribution in [0.5, 0.6) is 0 Å². The molecular weight excluding hydrogens is 220 g/mol. The first kappa shape index (κ1) is 15.8. The molecule has 0 aromatic rings. The van der Waals surface area contributed by atoms with Crippen molar-refractivity contribution in [3.8, 4) is 0 Å². The van der Waals surface area contributed by atoms with Crippen LogP contribution in [0.25, 0.3) is 0 Å². The molecule has 0 aliphatic rings. The van der Waals surface area contributed by atoms with Crippen molar-refractivity contribution < 1.29 is 4.79 Å². The minimum absolute atomic E-state index is 0.260. The highest BCUT2D eigenvalue weighted by atomic mass is 32.2. The molecule has 0 radical (unpaired) electrons. The van der Waals surface area contributed by atoms with Crippen molar-refractivity contribution in [2.24, 2.45) is 5.73 Å². The number of carbonyl (C=O) groups is 1. The van der Waals surface area contributed by atoms with Gasteiger partial charge in [0.1, 0.15) is 5.54 Å². The lowest BCUT2D eigenvalue weighted by molar-refractivity contribution is -0.123. The van der Waals surface area contributed by atoms with E-state index >= 15 is 0 Å². The van der Waals surface area contributed by atoms with E-state index in [4.69, 9.17) is 5.73 Å². The van der Waals surface area contributed by atoms with E-state index in [1.807, 2.05) is 32.5 Å². The second kappa shape index (κ2) is 7.96. The van der Waals surface area contributed by atoms with Crippen LogP contribution in [0.2, 0.25) is 0 Å². The minimum atomic E-state index is -0.578. The number of hydrogen-bond donors (Lipinski definition) is 2. The van der Waals surface area contributed by atoms with Crippen molar-refractivity contribution in [3.63, 3.8) is 0 Å². The number of thioether (sulfide) groups is 1.